The first-order chi connectivity index (χ1) is 20.3. The molecule has 0 aromatic carbocycles. The molecule has 0 aromatic rings. The molecule has 0 amide bonds. The second-order valence-electron chi connectivity index (χ2n) is 13.8. The summed E-state index contributed by atoms with van der Waals surface area (Å²) in [6.07, 6.45) is 50.8. The van der Waals surface area contributed by atoms with Crippen molar-refractivity contribution >= 4 is 5.97 Å². The molecule has 0 unspecified atom stereocenters. The highest BCUT2D eigenvalue weighted by molar-refractivity contribution is 5.71. The van der Waals surface area contributed by atoms with Crippen molar-refractivity contribution in [3.63, 3.8) is 0 Å². The van der Waals surface area contributed by atoms with E-state index in [0.29, 0.717) is 6.42 Å². The fourth-order valence-electron chi connectivity index (χ4n) is 6.71. The van der Waals surface area contributed by atoms with Gasteiger partial charge in [0.1, 0.15) is 6.10 Å². The van der Waals surface area contributed by atoms with Crippen LogP contribution in [-0.4, -0.2) is 12.1 Å². The molecule has 0 N–H and O–H groups in total. The topological polar surface area (TPSA) is 26.3 Å². The molecule has 0 aliphatic carbocycles. The van der Waals surface area contributed by atoms with Crippen LogP contribution in [-0.2, 0) is 9.53 Å². The quantitative estimate of drug-likeness (QED) is 0.0562. The second-order valence-corrected chi connectivity index (χ2v) is 13.8. The Morgan fingerprint density at radius 3 is 0.878 bits per heavy atom. The molecular formula is C39H76O2. The molecule has 1 rings (SSSR count). The van der Waals surface area contributed by atoms with Crippen LogP contribution in [0, 0.1) is 0 Å². The third kappa shape index (κ3) is 29.3. The monoisotopic (exact) mass is 577 g/mol. The minimum absolute atomic E-state index is 0.0149. The highest BCUT2D eigenvalue weighted by Gasteiger charge is 2.22. The summed E-state index contributed by atoms with van der Waals surface area (Å²) in [5.74, 6) is 0.0149. The standard InChI is InChI=1S/C39H76O2/c1-2-3-4-5-6-7-8-9-10-11-12-13-14-15-16-17-18-19-20-21-22-23-24-25-26-27-28-29-30-31-32-33-34-35-38-36-37-39(40)41-38/h38H,2-37H2,1H3/t38-/m1/s1. The van der Waals surface area contributed by atoms with E-state index in [-0.39, 0.29) is 12.1 Å². The normalized spacial score (nSPS) is 15.1. The second kappa shape index (κ2) is 32.4. The van der Waals surface area contributed by atoms with Crippen LogP contribution in [0.3, 0.4) is 0 Å². The number of hydrogen-bond acceptors (Lipinski definition) is 2. The molecule has 1 fully saturated rings. The largest absolute Gasteiger partial charge is 0.462 e. The fraction of sp³-hybridized carbons (Fsp3) is 0.974. The Morgan fingerprint density at radius 1 is 0.415 bits per heavy atom. The number of rotatable bonds is 34. The van der Waals surface area contributed by atoms with E-state index in [1.54, 1.807) is 0 Å². The molecule has 1 heterocycles. The molecule has 0 aromatic heterocycles. The van der Waals surface area contributed by atoms with Crippen LogP contribution in [0.4, 0.5) is 0 Å². The Bertz CT molecular complexity index is 516. The van der Waals surface area contributed by atoms with Crippen LogP contribution in [0.5, 0.6) is 0 Å². The summed E-state index contributed by atoms with van der Waals surface area (Å²) >= 11 is 0. The van der Waals surface area contributed by atoms with Gasteiger partial charge in [-0.2, -0.15) is 0 Å². The molecule has 0 radical (unpaired) electrons. The first-order valence-electron chi connectivity index (χ1n) is 19.5. The summed E-state index contributed by atoms with van der Waals surface area (Å²) in [7, 11) is 0. The molecule has 1 aliphatic heterocycles. The third-order valence-electron chi connectivity index (χ3n) is 9.60. The van der Waals surface area contributed by atoms with E-state index >= 15 is 0 Å². The number of carbonyl (C=O) groups excluding carboxylic acids is 1. The van der Waals surface area contributed by atoms with E-state index in [9.17, 15) is 4.79 Å². The first-order valence-corrected chi connectivity index (χ1v) is 19.5. The van der Waals surface area contributed by atoms with Crippen molar-refractivity contribution in [3.05, 3.63) is 0 Å². The summed E-state index contributed by atoms with van der Waals surface area (Å²) in [6, 6.07) is 0. The van der Waals surface area contributed by atoms with Gasteiger partial charge in [-0.25, -0.2) is 0 Å². The molecular weight excluding hydrogens is 500 g/mol. The fourth-order valence-corrected chi connectivity index (χ4v) is 6.71. The first kappa shape index (κ1) is 38.5. The lowest BCUT2D eigenvalue weighted by Crippen LogP contribution is -2.06. The minimum Gasteiger partial charge on any atom is -0.462 e. The van der Waals surface area contributed by atoms with E-state index in [0.717, 1.165) is 12.8 Å². The Balaban J connectivity index is 1.60. The molecule has 0 saturated carbocycles. The van der Waals surface area contributed by atoms with Crippen molar-refractivity contribution < 1.29 is 9.53 Å². The molecule has 41 heavy (non-hydrogen) atoms. The van der Waals surface area contributed by atoms with Crippen molar-refractivity contribution in [2.24, 2.45) is 0 Å². The van der Waals surface area contributed by atoms with Gasteiger partial charge < -0.3 is 4.74 Å². The minimum atomic E-state index is 0.0149. The zero-order chi connectivity index (χ0) is 29.3. The van der Waals surface area contributed by atoms with Crippen molar-refractivity contribution in [1.82, 2.24) is 0 Å². The number of esters is 1. The molecule has 0 spiro atoms. The highest BCUT2D eigenvalue weighted by atomic mass is 16.5. The van der Waals surface area contributed by atoms with Crippen molar-refractivity contribution in [2.45, 2.75) is 244 Å². The summed E-state index contributed by atoms with van der Waals surface area (Å²) in [6.45, 7) is 2.31. The van der Waals surface area contributed by atoms with Crippen LogP contribution >= 0.6 is 0 Å². The number of ether oxygens (including phenoxy) is 1. The lowest BCUT2D eigenvalue weighted by atomic mass is 10.0. The molecule has 2 nitrogen and oxygen atoms in total. The Morgan fingerprint density at radius 2 is 0.659 bits per heavy atom. The summed E-state index contributed by atoms with van der Waals surface area (Å²) in [5, 5.41) is 0. The number of unbranched alkanes of at least 4 members (excludes halogenated alkanes) is 32. The van der Waals surface area contributed by atoms with Crippen LogP contribution in [0.1, 0.15) is 238 Å². The van der Waals surface area contributed by atoms with E-state index in [1.165, 1.54) is 212 Å². The molecule has 0 bridgehead atoms. The number of hydrogen-bond donors (Lipinski definition) is 0. The SMILES string of the molecule is CCCCCCCCCCCCCCCCCCCCCCCCCCCCCCCCCCC[C@@H]1CCC(=O)O1. The maximum Gasteiger partial charge on any atom is 0.306 e. The smallest absolute Gasteiger partial charge is 0.306 e. The zero-order valence-corrected chi connectivity index (χ0v) is 28.3. The van der Waals surface area contributed by atoms with E-state index in [4.69, 9.17) is 4.74 Å². The van der Waals surface area contributed by atoms with Crippen LogP contribution < -0.4 is 0 Å². The van der Waals surface area contributed by atoms with Gasteiger partial charge in [-0.15, -0.1) is 0 Å². The van der Waals surface area contributed by atoms with Gasteiger partial charge in [0.05, 0.1) is 0 Å². The van der Waals surface area contributed by atoms with Gasteiger partial charge in [-0.3, -0.25) is 4.79 Å². The Kier molecular flexibility index (Phi) is 30.4. The van der Waals surface area contributed by atoms with Crippen LogP contribution in [0.15, 0.2) is 0 Å². The van der Waals surface area contributed by atoms with Crippen molar-refractivity contribution in [3.8, 4) is 0 Å². The van der Waals surface area contributed by atoms with Gasteiger partial charge in [-0.1, -0.05) is 212 Å². The van der Waals surface area contributed by atoms with Gasteiger partial charge in [-0.05, 0) is 19.3 Å². The molecule has 1 saturated heterocycles. The van der Waals surface area contributed by atoms with Crippen LogP contribution in [0.2, 0.25) is 0 Å². The zero-order valence-electron chi connectivity index (χ0n) is 28.3. The Hall–Kier alpha value is -0.530. The summed E-state index contributed by atoms with van der Waals surface area (Å²) < 4.78 is 5.29. The predicted octanol–water partition coefficient (Wildman–Crippen LogP) is 14.0. The molecule has 1 atom stereocenters. The third-order valence-corrected chi connectivity index (χ3v) is 9.60. The Labute approximate surface area is 259 Å². The average molecular weight is 577 g/mol. The number of cyclic esters (lactones) is 1. The number of carbonyl (C=O) groups is 1. The lowest BCUT2D eigenvalue weighted by molar-refractivity contribution is -0.141. The van der Waals surface area contributed by atoms with Crippen LogP contribution in [0.25, 0.3) is 0 Å². The van der Waals surface area contributed by atoms with Gasteiger partial charge in [0, 0.05) is 6.42 Å². The maximum absolute atomic E-state index is 11.1. The lowest BCUT2D eigenvalue weighted by Gasteiger charge is -2.08. The van der Waals surface area contributed by atoms with Gasteiger partial charge in [0.2, 0.25) is 0 Å². The van der Waals surface area contributed by atoms with E-state index in [1.807, 2.05) is 0 Å². The van der Waals surface area contributed by atoms with Gasteiger partial charge >= 0.3 is 5.97 Å². The van der Waals surface area contributed by atoms with Crippen molar-refractivity contribution in [2.75, 3.05) is 0 Å². The highest BCUT2D eigenvalue weighted by Crippen LogP contribution is 2.21. The molecule has 1 aliphatic rings. The average Bonchev–Trinajstić information content (AvgIpc) is 3.40. The van der Waals surface area contributed by atoms with Gasteiger partial charge in [0.25, 0.3) is 0 Å². The molecule has 244 valence electrons. The van der Waals surface area contributed by atoms with E-state index in [2.05, 4.69) is 6.92 Å². The maximum atomic E-state index is 11.1. The van der Waals surface area contributed by atoms with Crippen molar-refractivity contribution in [1.29, 1.82) is 0 Å². The van der Waals surface area contributed by atoms with Gasteiger partial charge in [0.15, 0.2) is 0 Å². The molecule has 2 heteroatoms. The summed E-state index contributed by atoms with van der Waals surface area (Å²) in [5.41, 5.74) is 0. The predicted molar refractivity (Wildman–Crippen MR) is 182 cm³/mol. The summed E-state index contributed by atoms with van der Waals surface area (Å²) in [4.78, 5) is 11.1. The van der Waals surface area contributed by atoms with E-state index < -0.39 is 0 Å².